The van der Waals surface area contributed by atoms with Gasteiger partial charge in [-0.15, -0.1) is 0 Å². The maximum atomic E-state index is 12.8. The van der Waals surface area contributed by atoms with Gasteiger partial charge in [-0.05, 0) is 64.2 Å². The lowest BCUT2D eigenvalue weighted by Crippen LogP contribution is -2.60. The summed E-state index contributed by atoms with van der Waals surface area (Å²) in [7, 11) is 0. The number of carboxylic acids is 1. The quantitative estimate of drug-likeness (QED) is 0.121. The molecule has 0 bridgehead atoms. The van der Waals surface area contributed by atoms with Gasteiger partial charge in [-0.2, -0.15) is 0 Å². The molecule has 10 heteroatoms. The second-order valence-corrected chi connectivity index (χ2v) is 11.3. The average molecular weight is 580 g/mol. The van der Waals surface area contributed by atoms with E-state index in [1.165, 1.54) is 12.1 Å². The Labute approximate surface area is 244 Å². The minimum absolute atomic E-state index is 0.0231. The third-order valence-electron chi connectivity index (χ3n) is 7.04. The van der Waals surface area contributed by atoms with E-state index < -0.39 is 41.3 Å². The molecule has 10 nitrogen and oxygen atoms in total. The molecule has 0 radical (unpaired) electrons. The molecule has 1 aromatic rings. The minimum atomic E-state index is -2.19. The first-order valence-electron chi connectivity index (χ1n) is 14.6. The Kier molecular flexibility index (Phi) is 14.3. The summed E-state index contributed by atoms with van der Waals surface area (Å²) in [5, 5.41) is 13.2. The van der Waals surface area contributed by atoms with Crippen molar-refractivity contribution in [2.24, 2.45) is 11.8 Å². The number of rotatable bonds is 17. The van der Waals surface area contributed by atoms with Crippen LogP contribution >= 0.6 is 0 Å². The topological polar surface area (TPSA) is 137 Å². The molecular weight excluding hydrogens is 530 g/mol. The highest BCUT2D eigenvalue weighted by atomic mass is 16.8. The summed E-state index contributed by atoms with van der Waals surface area (Å²) < 4.78 is 22.1. The van der Waals surface area contributed by atoms with E-state index in [1.54, 1.807) is 40.7 Å². The van der Waals surface area contributed by atoms with Crippen LogP contribution in [0.25, 0.3) is 0 Å². The Balaban J connectivity index is 3.53. The summed E-state index contributed by atoms with van der Waals surface area (Å²) in [6, 6.07) is 4.09. The molecule has 0 aliphatic carbocycles. The first-order chi connectivity index (χ1) is 19.1. The van der Waals surface area contributed by atoms with E-state index in [1.807, 2.05) is 27.7 Å². The van der Waals surface area contributed by atoms with Crippen LogP contribution in [-0.4, -0.2) is 46.5 Å². The standard InChI is InChI=1S/C31H49NO9/c1-10-14-20(5)26(33)38-24-17-16-23(18-25(24)39-27(34)21(6)15-11-2)19-31(28(35)36,32-22(7)12-3)41-29(37)40-30(8,9)13-4/h16-18,20-22,32H,10-15,19H2,1-9H3,(H,35,36)/t20?,21?,22?,31-/m0/s1. The molecule has 0 saturated carbocycles. The van der Waals surface area contributed by atoms with E-state index in [-0.39, 0.29) is 29.9 Å². The van der Waals surface area contributed by atoms with Crippen LogP contribution in [0.3, 0.4) is 0 Å². The number of aliphatic carboxylic acids is 1. The van der Waals surface area contributed by atoms with Crippen LogP contribution in [0.15, 0.2) is 18.2 Å². The van der Waals surface area contributed by atoms with Crippen molar-refractivity contribution in [3.8, 4) is 11.5 Å². The van der Waals surface area contributed by atoms with Crippen molar-refractivity contribution in [2.45, 2.75) is 125 Å². The first kappa shape index (κ1) is 35.9. The molecular formula is C31H49NO9. The van der Waals surface area contributed by atoms with Gasteiger partial charge in [0.15, 0.2) is 11.5 Å². The van der Waals surface area contributed by atoms with Gasteiger partial charge in [0.1, 0.15) is 5.60 Å². The molecule has 41 heavy (non-hydrogen) atoms. The van der Waals surface area contributed by atoms with Crippen molar-refractivity contribution in [2.75, 3.05) is 0 Å². The van der Waals surface area contributed by atoms with E-state index in [0.717, 1.165) is 12.8 Å². The number of carboxylic acid groups (broad SMARTS) is 1. The molecule has 2 N–H and O–H groups in total. The molecule has 0 amide bonds. The van der Waals surface area contributed by atoms with Gasteiger partial charge in [0.25, 0.3) is 5.72 Å². The van der Waals surface area contributed by atoms with E-state index in [2.05, 4.69) is 5.32 Å². The third kappa shape index (κ3) is 11.3. The lowest BCUT2D eigenvalue weighted by atomic mass is 10.00. The number of benzene rings is 1. The van der Waals surface area contributed by atoms with E-state index in [4.69, 9.17) is 18.9 Å². The SMILES string of the molecule is CCCC(C)C(=O)Oc1ccc(C[C@](NC(C)CC)(OC(=O)OC(C)(C)CC)C(=O)O)cc1OC(=O)C(C)CCC. The smallest absolute Gasteiger partial charge is 0.477 e. The number of hydrogen-bond acceptors (Lipinski definition) is 9. The monoisotopic (exact) mass is 579 g/mol. The predicted octanol–water partition coefficient (Wildman–Crippen LogP) is 6.42. The van der Waals surface area contributed by atoms with Crippen LogP contribution in [0.1, 0.15) is 106 Å². The molecule has 232 valence electrons. The van der Waals surface area contributed by atoms with Crippen molar-refractivity contribution in [1.82, 2.24) is 5.32 Å². The van der Waals surface area contributed by atoms with Gasteiger partial charge in [-0.1, -0.05) is 60.5 Å². The highest BCUT2D eigenvalue weighted by molar-refractivity contribution is 5.81. The molecule has 1 rings (SSSR count). The van der Waals surface area contributed by atoms with E-state index in [9.17, 15) is 24.3 Å². The fraction of sp³-hybridized carbons (Fsp3) is 0.677. The Hall–Kier alpha value is -3.14. The molecule has 3 unspecified atom stereocenters. The lowest BCUT2D eigenvalue weighted by Gasteiger charge is -2.34. The Morgan fingerprint density at radius 2 is 1.39 bits per heavy atom. The maximum absolute atomic E-state index is 12.8. The van der Waals surface area contributed by atoms with Gasteiger partial charge < -0.3 is 24.1 Å². The van der Waals surface area contributed by atoms with Crippen molar-refractivity contribution < 1.29 is 43.2 Å². The van der Waals surface area contributed by atoms with Gasteiger partial charge in [0.05, 0.1) is 11.8 Å². The molecule has 0 spiro atoms. The number of hydrogen-bond donors (Lipinski definition) is 2. The van der Waals surface area contributed by atoms with Crippen molar-refractivity contribution >= 4 is 24.1 Å². The second-order valence-electron chi connectivity index (χ2n) is 11.3. The number of nitrogens with one attached hydrogen (secondary N) is 1. The fourth-order valence-electron chi connectivity index (χ4n) is 3.89. The highest BCUT2D eigenvalue weighted by Gasteiger charge is 2.45. The Morgan fingerprint density at radius 1 is 0.854 bits per heavy atom. The predicted molar refractivity (Wildman–Crippen MR) is 155 cm³/mol. The van der Waals surface area contributed by atoms with Gasteiger partial charge in [0, 0.05) is 12.5 Å². The number of carbonyl (C=O) groups is 4. The molecule has 0 aliphatic rings. The highest BCUT2D eigenvalue weighted by Crippen LogP contribution is 2.33. The number of esters is 2. The van der Waals surface area contributed by atoms with E-state index >= 15 is 0 Å². The Morgan fingerprint density at radius 3 is 1.85 bits per heavy atom. The van der Waals surface area contributed by atoms with Crippen molar-refractivity contribution in [1.29, 1.82) is 0 Å². The summed E-state index contributed by atoms with van der Waals surface area (Å²) >= 11 is 0. The van der Waals surface area contributed by atoms with Crippen molar-refractivity contribution in [3.05, 3.63) is 23.8 Å². The zero-order valence-electron chi connectivity index (χ0n) is 26.1. The largest absolute Gasteiger partial charge is 0.511 e. The van der Waals surface area contributed by atoms with Crippen LogP contribution in [0, 0.1) is 11.8 Å². The molecule has 0 fully saturated rings. The van der Waals surface area contributed by atoms with Gasteiger partial charge in [0.2, 0.25) is 0 Å². The summed E-state index contributed by atoms with van der Waals surface area (Å²) in [6.45, 7) is 16.3. The zero-order valence-corrected chi connectivity index (χ0v) is 26.1. The zero-order chi connectivity index (χ0) is 31.4. The van der Waals surface area contributed by atoms with Gasteiger partial charge >= 0.3 is 24.1 Å². The Bertz CT molecular complexity index is 1040. The minimum Gasteiger partial charge on any atom is -0.477 e. The third-order valence-corrected chi connectivity index (χ3v) is 7.04. The lowest BCUT2D eigenvalue weighted by molar-refractivity contribution is -0.169. The first-order valence-corrected chi connectivity index (χ1v) is 14.6. The van der Waals surface area contributed by atoms with Gasteiger partial charge in [-0.25, -0.2) is 9.59 Å². The molecule has 0 aliphatic heterocycles. The van der Waals surface area contributed by atoms with E-state index in [0.29, 0.717) is 31.2 Å². The molecule has 0 saturated heterocycles. The summed E-state index contributed by atoms with van der Waals surface area (Å²) in [6.07, 6.45) is 2.38. The van der Waals surface area contributed by atoms with Crippen LogP contribution in [0.4, 0.5) is 4.79 Å². The molecule has 0 aromatic heterocycles. The average Bonchev–Trinajstić information content (AvgIpc) is 2.89. The number of ether oxygens (including phenoxy) is 4. The summed E-state index contributed by atoms with van der Waals surface area (Å²) in [4.78, 5) is 50.9. The molecule has 0 heterocycles. The molecule has 4 atom stereocenters. The van der Waals surface area contributed by atoms with Crippen molar-refractivity contribution in [3.63, 3.8) is 0 Å². The summed E-state index contributed by atoms with van der Waals surface area (Å²) in [5.74, 6) is -3.16. The van der Waals surface area contributed by atoms with Gasteiger partial charge in [-0.3, -0.25) is 14.9 Å². The van der Waals surface area contributed by atoms with Crippen LogP contribution < -0.4 is 14.8 Å². The van der Waals surface area contributed by atoms with Crippen LogP contribution in [0.5, 0.6) is 11.5 Å². The number of carbonyl (C=O) groups excluding carboxylic acids is 3. The molecule has 1 aromatic carbocycles. The van der Waals surface area contributed by atoms with Crippen LogP contribution in [-0.2, 0) is 30.3 Å². The second kappa shape index (κ2) is 16.3. The normalized spacial score (nSPS) is 15.1. The summed E-state index contributed by atoms with van der Waals surface area (Å²) in [5.41, 5.74) is -2.70. The van der Waals surface area contributed by atoms with Crippen LogP contribution in [0.2, 0.25) is 0 Å². The maximum Gasteiger partial charge on any atom is 0.511 e. The fourth-order valence-corrected chi connectivity index (χ4v) is 3.89.